The Morgan fingerprint density at radius 2 is 1.59 bits per heavy atom. The van der Waals surface area contributed by atoms with E-state index in [0.717, 1.165) is 18.9 Å². The van der Waals surface area contributed by atoms with Crippen molar-refractivity contribution in [2.24, 2.45) is 10.9 Å². The lowest BCUT2D eigenvalue weighted by atomic mass is 9.87. The summed E-state index contributed by atoms with van der Waals surface area (Å²) in [5.74, 6) is 2.02. The summed E-state index contributed by atoms with van der Waals surface area (Å²) in [6, 6.07) is 11.5. The fourth-order valence-corrected chi connectivity index (χ4v) is 3.95. The molecule has 0 amide bonds. The molecule has 1 atom stereocenters. The zero-order chi connectivity index (χ0) is 15.0. The highest BCUT2D eigenvalue weighted by Gasteiger charge is 2.25. The number of nitrogens with zero attached hydrogens (tertiary/aromatic N) is 1. The lowest BCUT2D eigenvalue weighted by molar-refractivity contribution is 0.356. The average molecular weight is 298 g/mol. The molecule has 1 heterocycles. The van der Waals surface area contributed by atoms with E-state index in [9.17, 15) is 0 Å². The monoisotopic (exact) mass is 298 g/mol. The van der Waals surface area contributed by atoms with Crippen molar-refractivity contribution in [1.82, 2.24) is 5.32 Å². The molecule has 1 saturated carbocycles. The molecule has 1 unspecified atom stereocenters. The first-order valence-corrected chi connectivity index (χ1v) is 9.28. The minimum Gasteiger partial charge on any atom is -0.367 e. The van der Waals surface area contributed by atoms with Gasteiger partial charge in [0.1, 0.15) is 0 Å². The van der Waals surface area contributed by atoms with E-state index in [-0.39, 0.29) is 0 Å². The van der Waals surface area contributed by atoms with Crippen LogP contribution in [-0.2, 0) is 0 Å². The van der Waals surface area contributed by atoms with Crippen LogP contribution < -0.4 is 5.32 Å². The standard InChI is InChI=1S/C20H30N2/c1-2-6-12-17(11-5-1)20(18-13-7-3-8-14-18)22-19-15-9-4-10-16-21-19/h3,7-8,13-14,17,20H,1-2,4-6,9-12,15-16H2,(H,21,22). The Labute approximate surface area is 135 Å². The molecule has 0 saturated heterocycles. The molecule has 0 bridgehead atoms. The molecule has 1 aliphatic carbocycles. The van der Waals surface area contributed by atoms with E-state index in [4.69, 9.17) is 4.99 Å². The van der Waals surface area contributed by atoms with Gasteiger partial charge >= 0.3 is 0 Å². The number of rotatable bonds is 3. The molecule has 1 aliphatic heterocycles. The maximum Gasteiger partial charge on any atom is 0.0967 e. The van der Waals surface area contributed by atoms with Crippen LogP contribution in [0.5, 0.6) is 0 Å². The number of benzene rings is 1. The van der Waals surface area contributed by atoms with Crippen LogP contribution in [0.3, 0.4) is 0 Å². The van der Waals surface area contributed by atoms with Crippen molar-refractivity contribution in [3.8, 4) is 0 Å². The number of hydrogen-bond donors (Lipinski definition) is 1. The third kappa shape index (κ3) is 4.34. The Bertz CT molecular complexity index is 458. The minimum atomic E-state index is 0.455. The van der Waals surface area contributed by atoms with Gasteiger partial charge in [-0.15, -0.1) is 0 Å². The van der Waals surface area contributed by atoms with E-state index in [1.807, 2.05) is 0 Å². The van der Waals surface area contributed by atoms with Crippen molar-refractivity contribution < 1.29 is 0 Å². The van der Waals surface area contributed by atoms with Gasteiger partial charge in [0.25, 0.3) is 0 Å². The zero-order valence-corrected chi connectivity index (χ0v) is 13.8. The molecule has 120 valence electrons. The quantitative estimate of drug-likeness (QED) is 0.756. The summed E-state index contributed by atoms with van der Waals surface area (Å²) in [6.07, 6.45) is 13.3. The lowest BCUT2D eigenvalue weighted by Crippen LogP contribution is -2.33. The second kappa shape index (κ2) is 8.36. The van der Waals surface area contributed by atoms with E-state index in [1.54, 1.807) is 0 Å². The predicted molar refractivity (Wildman–Crippen MR) is 94.3 cm³/mol. The minimum absolute atomic E-state index is 0.455. The smallest absolute Gasteiger partial charge is 0.0967 e. The lowest BCUT2D eigenvalue weighted by Gasteiger charge is -2.29. The first-order chi connectivity index (χ1) is 10.9. The summed E-state index contributed by atoms with van der Waals surface area (Å²) in [7, 11) is 0. The van der Waals surface area contributed by atoms with Crippen LogP contribution in [-0.4, -0.2) is 12.4 Å². The highest BCUT2D eigenvalue weighted by molar-refractivity contribution is 5.82. The summed E-state index contributed by atoms with van der Waals surface area (Å²) >= 11 is 0. The molecule has 0 aromatic heterocycles. The van der Waals surface area contributed by atoms with Gasteiger partial charge in [-0.3, -0.25) is 4.99 Å². The summed E-state index contributed by atoms with van der Waals surface area (Å²) in [6.45, 7) is 1.01. The molecular weight excluding hydrogens is 268 g/mol. The predicted octanol–water partition coefficient (Wildman–Crippen LogP) is 5.26. The zero-order valence-electron chi connectivity index (χ0n) is 13.8. The van der Waals surface area contributed by atoms with Crippen molar-refractivity contribution in [1.29, 1.82) is 0 Å². The van der Waals surface area contributed by atoms with Crippen molar-refractivity contribution >= 4 is 5.84 Å². The molecule has 0 spiro atoms. The van der Waals surface area contributed by atoms with Gasteiger partial charge in [0.2, 0.25) is 0 Å². The SMILES string of the molecule is c1ccc(C(NC2=NCCCCC2)C2CCCCCC2)cc1. The van der Waals surface area contributed by atoms with E-state index < -0.39 is 0 Å². The maximum absolute atomic E-state index is 4.81. The fourth-order valence-electron chi connectivity index (χ4n) is 3.95. The number of hydrogen-bond acceptors (Lipinski definition) is 2. The molecule has 2 heteroatoms. The van der Waals surface area contributed by atoms with Gasteiger partial charge in [-0.2, -0.15) is 0 Å². The Kier molecular flexibility index (Phi) is 5.92. The first-order valence-electron chi connectivity index (χ1n) is 9.28. The van der Waals surface area contributed by atoms with Crippen molar-refractivity contribution in [2.75, 3.05) is 6.54 Å². The summed E-state index contributed by atoms with van der Waals surface area (Å²) in [5, 5.41) is 3.86. The number of amidine groups is 1. The highest BCUT2D eigenvalue weighted by atomic mass is 15.0. The Hall–Kier alpha value is -1.31. The largest absolute Gasteiger partial charge is 0.367 e. The first kappa shape index (κ1) is 15.6. The third-order valence-corrected chi connectivity index (χ3v) is 5.23. The Balaban J connectivity index is 1.77. The van der Waals surface area contributed by atoms with Crippen molar-refractivity contribution in [3.05, 3.63) is 35.9 Å². The van der Waals surface area contributed by atoms with Gasteiger partial charge in [0, 0.05) is 13.0 Å². The Morgan fingerprint density at radius 3 is 2.36 bits per heavy atom. The van der Waals surface area contributed by atoms with Gasteiger partial charge in [-0.25, -0.2) is 0 Å². The molecule has 22 heavy (non-hydrogen) atoms. The van der Waals surface area contributed by atoms with Gasteiger partial charge in [-0.05, 0) is 37.2 Å². The molecule has 1 aromatic rings. The summed E-state index contributed by atoms with van der Waals surface area (Å²) < 4.78 is 0. The molecule has 0 radical (unpaired) electrons. The second-order valence-corrected chi connectivity index (χ2v) is 6.92. The van der Waals surface area contributed by atoms with E-state index in [2.05, 4.69) is 35.6 Å². The molecular formula is C20H30N2. The van der Waals surface area contributed by atoms with Gasteiger partial charge < -0.3 is 5.32 Å². The van der Waals surface area contributed by atoms with E-state index >= 15 is 0 Å². The van der Waals surface area contributed by atoms with Crippen LogP contribution in [0, 0.1) is 5.92 Å². The van der Waals surface area contributed by atoms with Crippen LogP contribution in [0.15, 0.2) is 35.3 Å². The summed E-state index contributed by atoms with van der Waals surface area (Å²) in [4.78, 5) is 4.81. The van der Waals surface area contributed by atoms with Gasteiger partial charge in [-0.1, -0.05) is 62.4 Å². The van der Waals surface area contributed by atoms with Gasteiger partial charge in [0.15, 0.2) is 0 Å². The third-order valence-electron chi connectivity index (χ3n) is 5.23. The van der Waals surface area contributed by atoms with Crippen LogP contribution in [0.25, 0.3) is 0 Å². The maximum atomic E-state index is 4.81. The van der Waals surface area contributed by atoms with Crippen LogP contribution in [0.1, 0.15) is 75.8 Å². The van der Waals surface area contributed by atoms with Gasteiger partial charge in [0.05, 0.1) is 11.9 Å². The summed E-state index contributed by atoms with van der Waals surface area (Å²) in [5.41, 5.74) is 1.45. The molecule has 2 nitrogen and oxygen atoms in total. The highest BCUT2D eigenvalue weighted by Crippen LogP contribution is 2.33. The van der Waals surface area contributed by atoms with Crippen molar-refractivity contribution in [2.45, 2.75) is 70.3 Å². The van der Waals surface area contributed by atoms with Crippen LogP contribution >= 0.6 is 0 Å². The fraction of sp³-hybridized carbons (Fsp3) is 0.650. The number of aliphatic imine (C=N–C) groups is 1. The van der Waals surface area contributed by atoms with E-state index in [0.29, 0.717) is 6.04 Å². The number of nitrogens with one attached hydrogen (secondary N) is 1. The average Bonchev–Trinajstić information content (AvgIpc) is 2.98. The Morgan fingerprint density at radius 1 is 0.864 bits per heavy atom. The molecule has 1 N–H and O–H groups in total. The second-order valence-electron chi connectivity index (χ2n) is 6.92. The molecule has 1 aromatic carbocycles. The molecule has 3 rings (SSSR count). The van der Waals surface area contributed by atoms with Crippen molar-refractivity contribution in [3.63, 3.8) is 0 Å². The molecule has 2 aliphatic rings. The van der Waals surface area contributed by atoms with Crippen LogP contribution in [0.2, 0.25) is 0 Å². The molecule has 1 fully saturated rings. The van der Waals surface area contributed by atoms with Crippen LogP contribution in [0.4, 0.5) is 0 Å². The normalized spacial score (nSPS) is 22.3. The van der Waals surface area contributed by atoms with E-state index in [1.165, 1.54) is 69.2 Å². The topological polar surface area (TPSA) is 24.4 Å².